The van der Waals surface area contributed by atoms with Crippen molar-refractivity contribution in [1.29, 1.82) is 0 Å². The van der Waals surface area contributed by atoms with Crippen LogP contribution in [0.1, 0.15) is 30.4 Å². The van der Waals surface area contributed by atoms with Gasteiger partial charge in [0.15, 0.2) is 0 Å². The lowest BCUT2D eigenvalue weighted by Gasteiger charge is -2.03. The monoisotopic (exact) mass is 220 g/mol. The SMILES string of the molecule is NCCCCc1ccc(CCC(N)=O)cc1. The molecule has 88 valence electrons. The maximum absolute atomic E-state index is 10.6. The fraction of sp³-hybridized carbons (Fsp3) is 0.462. The van der Waals surface area contributed by atoms with Crippen LogP contribution in [0.25, 0.3) is 0 Å². The molecule has 0 radical (unpaired) electrons. The molecule has 1 rings (SSSR count). The average molecular weight is 220 g/mol. The van der Waals surface area contributed by atoms with Gasteiger partial charge >= 0.3 is 0 Å². The van der Waals surface area contributed by atoms with Gasteiger partial charge in [0, 0.05) is 6.42 Å². The molecule has 0 saturated carbocycles. The normalized spacial score (nSPS) is 10.3. The van der Waals surface area contributed by atoms with Crippen molar-refractivity contribution in [3.05, 3.63) is 35.4 Å². The van der Waals surface area contributed by atoms with E-state index in [1.54, 1.807) is 0 Å². The Hall–Kier alpha value is -1.35. The Kier molecular flexibility index (Phi) is 5.57. The average Bonchev–Trinajstić information content (AvgIpc) is 2.28. The van der Waals surface area contributed by atoms with E-state index in [1.165, 1.54) is 11.1 Å². The molecular formula is C13H20N2O. The summed E-state index contributed by atoms with van der Waals surface area (Å²) in [6.45, 7) is 0.761. The van der Waals surface area contributed by atoms with E-state index in [0.717, 1.165) is 32.2 Å². The van der Waals surface area contributed by atoms with Gasteiger partial charge < -0.3 is 11.5 Å². The van der Waals surface area contributed by atoms with Crippen molar-refractivity contribution in [3.8, 4) is 0 Å². The molecule has 4 N–H and O–H groups in total. The highest BCUT2D eigenvalue weighted by atomic mass is 16.1. The van der Waals surface area contributed by atoms with Crippen LogP contribution >= 0.6 is 0 Å². The maximum Gasteiger partial charge on any atom is 0.217 e. The van der Waals surface area contributed by atoms with Gasteiger partial charge in [0.05, 0.1) is 0 Å². The van der Waals surface area contributed by atoms with Crippen LogP contribution in [0.4, 0.5) is 0 Å². The number of aryl methyl sites for hydroxylation is 2. The van der Waals surface area contributed by atoms with Crippen LogP contribution in [-0.4, -0.2) is 12.5 Å². The number of carbonyl (C=O) groups excluding carboxylic acids is 1. The highest BCUT2D eigenvalue weighted by molar-refractivity contribution is 5.73. The third-order valence-corrected chi connectivity index (χ3v) is 2.60. The second kappa shape index (κ2) is 7.01. The van der Waals surface area contributed by atoms with E-state index in [-0.39, 0.29) is 5.91 Å². The van der Waals surface area contributed by atoms with Gasteiger partial charge in [-0.3, -0.25) is 4.79 Å². The van der Waals surface area contributed by atoms with E-state index in [0.29, 0.717) is 6.42 Å². The Morgan fingerprint density at radius 2 is 1.56 bits per heavy atom. The molecule has 1 aromatic carbocycles. The molecule has 0 aliphatic rings. The Morgan fingerprint density at radius 1 is 1.00 bits per heavy atom. The molecule has 0 spiro atoms. The summed E-state index contributed by atoms with van der Waals surface area (Å²) >= 11 is 0. The fourth-order valence-corrected chi connectivity index (χ4v) is 1.61. The van der Waals surface area contributed by atoms with Gasteiger partial charge in [-0.15, -0.1) is 0 Å². The number of rotatable bonds is 7. The molecule has 1 aromatic rings. The van der Waals surface area contributed by atoms with Gasteiger partial charge in [0.25, 0.3) is 0 Å². The van der Waals surface area contributed by atoms with E-state index >= 15 is 0 Å². The predicted octanol–water partition coefficient (Wildman–Crippen LogP) is 1.39. The smallest absolute Gasteiger partial charge is 0.217 e. The summed E-state index contributed by atoms with van der Waals surface area (Å²) < 4.78 is 0. The molecule has 0 unspecified atom stereocenters. The van der Waals surface area contributed by atoms with Crippen LogP contribution in [0.2, 0.25) is 0 Å². The first-order chi connectivity index (χ1) is 7.72. The number of primary amides is 1. The second-order valence-electron chi connectivity index (χ2n) is 4.03. The molecule has 3 heteroatoms. The standard InChI is InChI=1S/C13H20N2O/c14-10-2-1-3-11-4-6-12(7-5-11)8-9-13(15)16/h4-7H,1-3,8-10,14H2,(H2,15,16). The number of amides is 1. The van der Waals surface area contributed by atoms with E-state index in [9.17, 15) is 4.79 Å². The van der Waals surface area contributed by atoms with E-state index < -0.39 is 0 Å². The van der Waals surface area contributed by atoms with Crippen LogP contribution in [0, 0.1) is 0 Å². The lowest BCUT2D eigenvalue weighted by atomic mass is 10.0. The first kappa shape index (κ1) is 12.7. The van der Waals surface area contributed by atoms with Gasteiger partial charge in [0.2, 0.25) is 5.91 Å². The molecule has 0 atom stereocenters. The summed E-state index contributed by atoms with van der Waals surface area (Å²) in [5, 5.41) is 0. The maximum atomic E-state index is 10.6. The molecule has 0 aliphatic heterocycles. The summed E-state index contributed by atoms with van der Waals surface area (Å²) in [7, 11) is 0. The summed E-state index contributed by atoms with van der Waals surface area (Å²) in [5.74, 6) is -0.243. The van der Waals surface area contributed by atoms with Gasteiger partial charge in [-0.1, -0.05) is 24.3 Å². The van der Waals surface area contributed by atoms with Crippen LogP contribution in [0.3, 0.4) is 0 Å². The zero-order valence-electron chi connectivity index (χ0n) is 9.61. The summed E-state index contributed by atoms with van der Waals surface area (Å²) in [6.07, 6.45) is 4.44. The summed E-state index contributed by atoms with van der Waals surface area (Å²) in [5.41, 5.74) is 13.0. The Bertz CT molecular complexity index is 319. The van der Waals surface area contributed by atoms with Crippen molar-refractivity contribution in [1.82, 2.24) is 0 Å². The third-order valence-electron chi connectivity index (χ3n) is 2.60. The topological polar surface area (TPSA) is 69.1 Å². The number of hydrogen-bond donors (Lipinski definition) is 2. The number of unbranched alkanes of at least 4 members (excludes halogenated alkanes) is 1. The lowest BCUT2D eigenvalue weighted by molar-refractivity contribution is -0.117. The van der Waals surface area contributed by atoms with E-state index in [4.69, 9.17) is 11.5 Å². The zero-order valence-corrected chi connectivity index (χ0v) is 9.61. The van der Waals surface area contributed by atoms with Gasteiger partial charge in [-0.25, -0.2) is 0 Å². The van der Waals surface area contributed by atoms with Crippen molar-refractivity contribution >= 4 is 5.91 Å². The first-order valence-electron chi connectivity index (χ1n) is 5.78. The highest BCUT2D eigenvalue weighted by Gasteiger charge is 1.98. The Labute approximate surface area is 96.8 Å². The molecule has 0 aliphatic carbocycles. The number of hydrogen-bond acceptors (Lipinski definition) is 2. The molecule has 3 nitrogen and oxygen atoms in total. The van der Waals surface area contributed by atoms with Crippen molar-refractivity contribution in [2.75, 3.05) is 6.54 Å². The Morgan fingerprint density at radius 3 is 2.06 bits per heavy atom. The van der Waals surface area contributed by atoms with Crippen molar-refractivity contribution in [3.63, 3.8) is 0 Å². The van der Waals surface area contributed by atoms with Crippen LogP contribution in [0.15, 0.2) is 24.3 Å². The largest absolute Gasteiger partial charge is 0.370 e. The van der Waals surface area contributed by atoms with Crippen LogP contribution in [-0.2, 0) is 17.6 Å². The predicted molar refractivity (Wildman–Crippen MR) is 65.9 cm³/mol. The van der Waals surface area contributed by atoms with E-state index in [2.05, 4.69) is 24.3 Å². The first-order valence-corrected chi connectivity index (χ1v) is 5.78. The summed E-state index contributed by atoms with van der Waals surface area (Å²) in [4.78, 5) is 10.6. The molecule has 0 heterocycles. The van der Waals surface area contributed by atoms with Gasteiger partial charge in [0.1, 0.15) is 0 Å². The van der Waals surface area contributed by atoms with Crippen LogP contribution in [0.5, 0.6) is 0 Å². The van der Waals surface area contributed by atoms with Gasteiger partial charge in [-0.2, -0.15) is 0 Å². The second-order valence-corrected chi connectivity index (χ2v) is 4.03. The van der Waals surface area contributed by atoms with Gasteiger partial charge in [-0.05, 0) is 43.4 Å². The van der Waals surface area contributed by atoms with Crippen molar-refractivity contribution in [2.45, 2.75) is 32.1 Å². The molecule has 0 saturated heterocycles. The zero-order chi connectivity index (χ0) is 11.8. The number of carbonyl (C=O) groups is 1. The summed E-state index contributed by atoms with van der Waals surface area (Å²) in [6, 6.07) is 8.38. The molecule has 0 fully saturated rings. The fourth-order valence-electron chi connectivity index (χ4n) is 1.61. The molecule has 0 aromatic heterocycles. The molecule has 16 heavy (non-hydrogen) atoms. The minimum Gasteiger partial charge on any atom is -0.370 e. The highest BCUT2D eigenvalue weighted by Crippen LogP contribution is 2.09. The number of nitrogens with two attached hydrogens (primary N) is 2. The van der Waals surface area contributed by atoms with Crippen molar-refractivity contribution < 1.29 is 4.79 Å². The third kappa shape index (κ3) is 4.94. The molecule has 0 bridgehead atoms. The Balaban J connectivity index is 2.38. The minimum atomic E-state index is -0.243. The molecule has 1 amide bonds. The number of benzene rings is 1. The van der Waals surface area contributed by atoms with E-state index in [1.807, 2.05) is 0 Å². The minimum absolute atomic E-state index is 0.243. The van der Waals surface area contributed by atoms with Crippen LogP contribution < -0.4 is 11.5 Å². The quantitative estimate of drug-likeness (QED) is 0.682. The molecular weight excluding hydrogens is 200 g/mol. The van der Waals surface area contributed by atoms with Crippen molar-refractivity contribution in [2.24, 2.45) is 11.5 Å². The lowest BCUT2D eigenvalue weighted by Crippen LogP contribution is -2.11.